The van der Waals surface area contributed by atoms with Crippen molar-refractivity contribution in [1.29, 1.82) is 5.26 Å². The number of nitrogens with zero attached hydrogens (tertiary/aromatic N) is 2. The minimum atomic E-state index is -0.449. The summed E-state index contributed by atoms with van der Waals surface area (Å²) in [5, 5.41) is 13.2. The fraction of sp³-hybridized carbons (Fsp3) is 0.138. The number of carbonyl (C=O) groups is 1. The molecule has 0 saturated heterocycles. The molecular weight excluding hydrogens is 438 g/mol. The molecule has 1 atom stereocenters. The average Bonchev–Trinajstić information content (AvgIpc) is 2.84. The fourth-order valence-electron chi connectivity index (χ4n) is 3.83. The third kappa shape index (κ3) is 5.36. The summed E-state index contributed by atoms with van der Waals surface area (Å²) < 4.78 is 0. The van der Waals surface area contributed by atoms with Gasteiger partial charge in [-0.15, -0.1) is 0 Å². The van der Waals surface area contributed by atoms with E-state index in [4.69, 9.17) is 4.98 Å². The molecule has 0 spiro atoms. The van der Waals surface area contributed by atoms with Crippen molar-refractivity contribution in [2.24, 2.45) is 0 Å². The van der Waals surface area contributed by atoms with Gasteiger partial charge in [0.25, 0.3) is 0 Å². The van der Waals surface area contributed by atoms with Crippen molar-refractivity contribution in [3.05, 3.63) is 102 Å². The Morgan fingerprint density at radius 1 is 0.912 bits per heavy atom. The predicted molar refractivity (Wildman–Crippen MR) is 140 cm³/mol. The van der Waals surface area contributed by atoms with Gasteiger partial charge in [-0.2, -0.15) is 5.26 Å². The number of nitriles is 1. The monoisotopic (exact) mass is 463 g/mol. The van der Waals surface area contributed by atoms with E-state index in [1.165, 1.54) is 11.8 Å². The second-order valence-corrected chi connectivity index (χ2v) is 9.53. The zero-order chi connectivity index (χ0) is 24.1. The zero-order valence-corrected chi connectivity index (χ0v) is 20.2. The summed E-state index contributed by atoms with van der Waals surface area (Å²) in [4.78, 5) is 17.8. The van der Waals surface area contributed by atoms with E-state index in [2.05, 4.69) is 17.5 Å². The SMILES string of the molecule is Cc1cc(C)cc(NC(=O)C(C)Sc2nc(-c3ccccc3)cc(-c3ccccc3)c2C#N)c1. The molecule has 0 aliphatic rings. The number of thioether (sulfide) groups is 1. The van der Waals surface area contributed by atoms with Gasteiger partial charge in [-0.25, -0.2) is 4.98 Å². The molecule has 1 unspecified atom stereocenters. The number of carbonyl (C=O) groups excluding carboxylic acids is 1. The number of hydrogen-bond acceptors (Lipinski definition) is 4. The molecule has 4 nitrogen and oxygen atoms in total. The zero-order valence-electron chi connectivity index (χ0n) is 19.4. The van der Waals surface area contributed by atoms with E-state index in [1.54, 1.807) is 0 Å². The second-order valence-electron chi connectivity index (χ2n) is 8.20. The van der Waals surface area contributed by atoms with E-state index in [1.807, 2.05) is 99.6 Å². The largest absolute Gasteiger partial charge is 0.325 e. The lowest BCUT2D eigenvalue weighted by atomic mass is 9.99. The Balaban J connectivity index is 1.71. The Hall–Kier alpha value is -3.88. The van der Waals surface area contributed by atoms with Crippen LogP contribution in [0.25, 0.3) is 22.4 Å². The summed E-state index contributed by atoms with van der Waals surface area (Å²) in [5.41, 5.74) is 6.89. The Labute approximate surface area is 204 Å². The van der Waals surface area contributed by atoms with Gasteiger partial charge in [0.15, 0.2) is 0 Å². The van der Waals surface area contributed by atoms with E-state index in [9.17, 15) is 10.1 Å². The molecule has 1 heterocycles. The van der Waals surface area contributed by atoms with Gasteiger partial charge in [0, 0.05) is 16.8 Å². The van der Waals surface area contributed by atoms with E-state index in [0.717, 1.165) is 39.2 Å². The van der Waals surface area contributed by atoms with Crippen LogP contribution < -0.4 is 5.32 Å². The maximum atomic E-state index is 13.0. The number of nitrogens with one attached hydrogen (secondary N) is 1. The van der Waals surface area contributed by atoms with Crippen LogP contribution in [-0.4, -0.2) is 16.1 Å². The highest BCUT2D eigenvalue weighted by atomic mass is 32.2. The van der Waals surface area contributed by atoms with E-state index in [0.29, 0.717) is 10.6 Å². The Kier molecular flexibility index (Phi) is 7.10. The molecule has 0 radical (unpaired) electrons. The molecular formula is C29H25N3OS. The van der Waals surface area contributed by atoms with Gasteiger partial charge >= 0.3 is 0 Å². The van der Waals surface area contributed by atoms with Crippen molar-refractivity contribution in [2.75, 3.05) is 5.32 Å². The van der Waals surface area contributed by atoms with Crippen molar-refractivity contribution < 1.29 is 4.79 Å². The van der Waals surface area contributed by atoms with Crippen LogP contribution in [0.2, 0.25) is 0 Å². The quantitative estimate of drug-likeness (QED) is 0.312. The van der Waals surface area contributed by atoms with Crippen molar-refractivity contribution in [3.8, 4) is 28.5 Å². The third-order valence-electron chi connectivity index (χ3n) is 5.40. The van der Waals surface area contributed by atoms with Crippen LogP contribution in [0.3, 0.4) is 0 Å². The van der Waals surface area contributed by atoms with Gasteiger partial charge < -0.3 is 5.32 Å². The summed E-state index contributed by atoms with van der Waals surface area (Å²) >= 11 is 1.30. The number of amides is 1. The summed E-state index contributed by atoms with van der Waals surface area (Å²) in [7, 11) is 0. The molecule has 1 N–H and O–H groups in total. The standard InChI is InChI=1S/C29H25N3OS/c1-19-14-20(2)16-24(15-19)31-28(33)21(3)34-29-26(18-30)25(22-10-6-4-7-11-22)17-27(32-29)23-12-8-5-9-13-23/h4-17,21H,1-3H3,(H,31,33). The predicted octanol–water partition coefficient (Wildman–Crippen LogP) is 7.02. The van der Waals surface area contributed by atoms with Crippen molar-refractivity contribution >= 4 is 23.4 Å². The van der Waals surface area contributed by atoms with Gasteiger partial charge in [-0.3, -0.25) is 4.79 Å². The first-order valence-electron chi connectivity index (χ1n) is 11.1. The average molecular weight is 464 g/mol. The molecule has 1 aromatic heterocycles. The molecule has 3 aromatic carbocycles. The van der Waals surface area contributed by atoms with Gasteiger partial charge in [0.1, 0.15) is 11.1 Å². The lowest BCUT2D eigenvalue weighted by molar-refractivity contribution is -0.115. The van der Waals surface area contributed by atoms with E-state index >= 15 is 0 Å². The third-order valence-corrected chi connectivity index (χ3v) is 6.49. The molecule has 1 amide bonds. The van der Waals surface area contributed by atoms with Crippen molar-refractivity contribution in [2.45, 2.75) is 31.0 Å². The topological polar surface area (TPSA) is 65.8 Å². The molecule has 0 aliphatic carbocycles. The summed E-state index contributed by atoms with van der Waals surface area (Å²) in [6, 6.07) is 29.9. The smallest absolute Gasteiger partial charge is 0.237 e. The Morgan fingerprint density at radius 2 is 1.50 bits per heavy atom. The fourth-order valence-corrected chi connectivity index (χ4v) is 4.75. The minimum Gasteiger partial charge on any atom is -0.325 e. The van der Waals surface area contributed by atoms with E-state index in [-0.39, 0.29) is 5.91 Å². The Morgan fingerprint density at radius 3 is 2.09 bits per heavy atom. The number of aryl methyl sites for hydroxylation is 2. The second kappa shape index (κ2) is 10.4. The molecule has 0 saturated carbocycles. The lowest BCUT2D eigenvalue weighted by Gasteiger charge is -2.16. The Bertz CT molecular complexity index is 1340. The molecule has 0 fully saturated rings. The minimum absolute atomic E-state index is 0.132. The van der Waals surface area contributed by atoms with E-state index < -0.39 is 5.25 Å². The van der Waals surface area contributed by atoms with Crippen LogP contribution in [0.15, 0.2) is 90.0 Å². The highest BCUT2D eigenvalue weighted by Crippen LogP contribution is 2.35. The number of benzene rings is 3. The van der Waals surface area contributed by atoms with Crippen LogP contribution in [0, 0.1) is 25.2 Å². The summed E-state index contributed by atoms with van der Waals surface area (Å²) in [6.45, 7) is 5.84. The highest BCUT2D eigenvalue weighted by Gasteiger charge is 2.21. The lowest BCUT2D eigenvalue weighted by Crippen LogP contribution is -2.22. The van der Waals surface area contributed by atoms with Crippen LogP contribution in [0.1, 0.15) is 23.6 Å². The maximum absolute atomic E-state index is 13.0. The van der Waals surface area contributed by atoms with Gasteiger partial charge in [-0.05, 0) is 55.7 Å². The first-order valence-corrected chi connectivity index (χ1v) is 11.9. The van der Waals surface area contributed by atoms with Crippen molar-refractivity contribution in [1.82, 2.24) is 4.98 Å². The van der Waals surface area contributed by atoms with Crippen LogP contribution in [0.4, 0.5) is 5.69 Å². The molecule has 168 valence electrons. The molecule has 0 aliphatic heterocycles. The summed E-state index contributed by atoms with van der Waals surface area (Å²) in [6.07, 6.45) is 0. The number of aromatic nitrogens is 1. The summed E-state index contributed by atoms with van der Waals surface area (Å²) in [5.74, 6) is -0.132. The first kappa shape index (κ1) is 23.3. The van der Waals surface area contributed by atoms with Crippen LogP contribution in [0.5, 0.6) is 0 Å². The van der Waals surface area contributed by atoms with Crippen LogP contribution in [-0.2, 0) is 4.79 Å². The highest BCUT2D eigenvalue weighted by molar-refractivity contribution is 8.00. The number of hydrogen-bond donors (Lipinski definition) is 1. The van der Waals surface area contributed by atoms with Crippen LogP contribution >= 0.6 is 11.8 Å². The number of anilines is 1. The molecule has 0 bridgehead atoms. The van der Waals surface area contributed by atoms with Gasteiger partial charge in [-0.1, -0.05) is 78.5 Å². The molecule has 4 rings (SSSR count). The first-order chi connectivity index (χ1) is 16.4. The van der Waals surface area contributed by atoms with Gasteiger partial charge in [0.05, 0.1) is 16.5 Å². The number of rotatable bonds is 6. The van der Waals surface area contributed by atoms with Crippen molar-refractivity contribution in [3.63, 3.8) is 0 Å². The molecule has 4 aromatic rings. The maximum Gasteiger partial charge on any atom is 0.237 e. The van der Waals surface area contributed by atoms with Gasteiger partial charge in [0.2, 0.25) is 5.91 Å². The number of pyridine rings is 1. The molecule has 34 heavy (non-hydrogen) atoms. The molecule has 5 heteroatoms. The normalized spacial score (nSPS) is 11.5.